The Morgan fingerprint density at radius 2 is 1.86 bits per heavy atom. The van der Waals surface area contributed by atoms with Gasteiger partial charge in [0.2, 0.25) is 12.2 Å². The van der Waals surface area contributed by atoms with Crippen LogP contribution in [0.5, 0.6) is 5.75 Å². The third-order valence-corrected chi connectivity index (χ3v) is 4.77. The maximum Gasteiger partial charge on any atom is 0.341 e. The molecule has 0 unspecified atom stereocenters. The summed E-state index contributed by atoms with van der Waals surface area (Å²) < 4.78 is 16.4. The SMILES string of the molecule is COC(=O)c1ccc2ccccc2c1O[C@H]1O[C@@H](CO)[C@@H](O)[C@H](O)[C@H]1NC(C)=O. The number of carbonyl (C=O) groups is 2. The van der Waals surface area contributed by atoms with Crippen molar-refractivity contribution in [3.63, 3.8) is 0 Å². The quantitative estimate of drug-likeness (QED) is 0.509. The molecule has 29 heavy (non-hydrogen) atoms. The number of benzene rings is 2. The summed E-state index contributed by atoms with van der Waals surface area (Å²) in [5, 5.41) is 33.9. The highest BCUT2D eigenvalue weighted by molar-refractivity contribution is 6.01. The van der Waals surface area contributed by atoms with Crippen LogP contribution < -0.4 is 10.1 Å². The van der Waals surface area contributed by atoms with Crippen LogP contribution in [0.2, 0.25) is 0 Å². The Balaban J connectivity index is 2.06. The van der Waals surface area contributed by atoms with Gasteiger partial charge in [-0.3, -0.25) is 4.79 Å². The Morgan fingerprint density at radius 3 is 2.52 bits per heavy atom. The molecule has 1 amide bonds. The number of nitrogens with one attached hydrogen (secondary N) is 1. The van der Waals surface area contributed by atoms with E-state index in [-0.39, 0.29) is 11.3 Å². The molecule has 0 aromatic heterocycles. The minimum Gasteiger partial charge on any atom is -0.465 e. The van der Waals surface area contributed by atoms with Gasteiger partial charge in [-0.05, 0) is 11.5 Å². The van der Waals surface area contributed by atoms with Crippen molar-refractivity contribution in [2.75, 3.05) is 13.7 Å². The molecule has 0 radical (unpaired) electrons. The van der Waals surface area contributed by atoms with Gasteiger partial charge in [-0.15, -0.1) is 0 Å². The number of rotatable bonds is 5. The second-order valence-electron chi connectivity index (χ2n) is 6.71. The summed E-state index contributed by atoms with van der Waals surface area (Å²) in [7, 11) is 1.24. The fraction of sp³-hybridized carbons (Fsp3) is 0.400. The molecule has 2 aromatic carbocycles. The highest BCUT2D eigenvalue weighted by Crippen LogP contribution is 2.33. The largest absolute Gasteiger partial charge is 0.465 e. The molecular formula is C20H23NO8. The summed E-state index contributed by atoms with van der Waals surface area (Å²) in [6.45, 7) is 0.663. The van der Waals surface area contributed by atoms with Gasteiger partial charge in [0, 0.05) is 12.3 Å². The molecule has 9 nitrogen and oxygen atoms in total. The summed E-state index contributed by atoms with van der Waals surface area (Å²) in [6.07, 6.45) is -5.34. The summed E-state index contributed by atoms with van der Waals surface area (Å²) in [4.78, 5) is 23.9. The fourth-order valence-electron chi connectivity index (χ4n) is 3.33. The lowest BCUT2D eigenvalue weighted by Crippen LogP contribution is -2.65. The number of ether oxygens (including phenoxy) is 3. The third kappa shape index (κ3) is 4.18. The van der Waals surface area contributed by atoms with Gasteiger partial charge in [-0.25, -0.2) is 4.79 Å². The van der Waals surface area contributed by atoms with Crippen molar-refractivity contribution in [2.45, 2.75) is 37.6 Å². The number of methoxy groups -OCH3 is 1. The molecule has 2 aromatic rings. The van der Waals surface area contributed by atoms with E-state index in [2.05, 4.69) is 5.32 Å². The van der Waals surface area contributed by atoms with E-state index in [0.717, 1.165) is 5.39 Å². The van der Waals surface area contributed by atoms with Crippen molar-refractivity contribution in [1.29, 1.82) is 0 Å². The number of carbonyl (C=O) groups excluding carboxylic acids is 2. The lowest BCUT2D eigenvalue weighted by atomic mass is 9.96. The molecule has 5 atom stereocenters. The predicted molar refractivity (Wildman–Crippen MR) is 101 cm³/mol. The Hall–Kier alpha value is -2.72. The van der Waals surface area contributed by atoms with Crippen LogP contribution in [-0.2, 0) is 14.3 Å². The first-order valence-electron chi connectivity index (χ1n) is 9.03. The van der Waals surface area contributed by atoms with E-state index in [9.17, 15) is 24.9 Å². The molecule has 1 heterocycles. The summed E-state index contributed by atoms with van der Waals surface area (Å²) in [5.41, 5.74) is 0.123. The standard InChI is InChI=1S/C20H23NO8/c1-10(23)21-15-17(25)16(24)14(9-22)28-20(15)29-18-12-6-4-3-5-11(12)7-8-13(18)19(26)27-2/h3-8,14-17,20,22,24-25H,9H2,1-2H3,(H,21,23)/t14-,15+,16+,17+,20+/m0/s1. The van der Waals surface area contributed by atoms with Crippen LogP contribution in [0.4, 0.5) is 0 Å². The van der Waals surface area contributed by atoms with Gasteiger partial charge in [0.1, 0.15) is 35.7 Å². The zero-order valence-electron chi connectivity index (χ0n) is 15.9. The van der Waals surface area contributed by atoms with Crippen molar-refractivity contribution >= 4 is 22.6 Å². The van der Waals surface area contributed by atoms with Crippen LogP contribution in [-0.4, -0.2) is 71.6 Å². The van der Waals surface area contributed by atoms with Gasteiger partial charge in [0.25, 0.3) is 0 Å². The molecule has 156 valence electrons. The average molecular weight is 405 g/mol. The van der Waals surface area contributed by atoms with Gasteiger partial charge in [-0.1, -0.05) is 30.3 Å². The number of hydrogen-bond donors (Lipinski definition) is 4. The second kappa shape index (κ2) is 8.75. The summed E-state index contributed by atoms with van der Waals surface area (Å²) >= 11 is 0. The molecule has 0 bridgehead atoms. The maximum atomic E-state index is 12.3. The Kier molecular flexibility index (Phi) is 6.33. The molecule has 0 saturated carbocycles. The number of amides is 1. The van der Waals surface area contributed by atoms with Crippen LogP contribution in [0.25, 0.3) is 10.8 Å². The van der Waals surface area contributed by atoms with Crippen molar-refractivity contribution < 1.29 is 39.1 Å². The van der Waals surface area contributed by atoms with Crippen LogP contribution in [0.3, 0.4) is 0 Å². The molecule has 0 spiro atoms. The minimum atomic E-state index is -1.47. The number of esters is 1. The first kappa shape index (κ1) is 21.0. The van der Waals surface area contributed by atoms with Crippen molar-refractivity contribution in [3.8, 4) is 5.75 Å². The molecule has 1 saturated heterocycles. The van der Waals surface area contributed by atoms with Gasteiger partial charge in [0.15, 0.2) is 0 Å². The predicted octanol–water partition coefficient (Wildman–Crippen LogP) is -0.0511. The lowest BCUT2D eigenvalue weighted by Gasteiger charge is -2.42. The Labute approximate surface area is 166 Å². The monoisotopic (exact) mass is 405 g/mol. The number of aliphatic hydroxyl groups excluding tert-OH is 3. The first-order valence-corrected chi connectivity index (χ1v) is 9.03. The molecule has 4 N–H and O–H groups in total. The van der Waals surface area contributed by atoms with E-state index in [4.69, 9.17) is 14.2 Å². The minimum absolute atomic E-state index is 0.123. The van der Waals surface area contributed by atoms with Gasteiger partial charge in [0.05, 0.1) is 13.7 Å². The van der Waals surface area contributed by atoms with Crippen molar-refractivity contribution in [3.05, 3.63) is 42.0 Å². The smallest absolute Gasteiger partial charge is 0.341 e. The molecule has 9 heteroatoms. The van der Waals surface area contributed by atoms with Crippen LogP contribution >= 0.6 is 0 Å². The van der Waals surface area contributed by atoms with Gasteiger partial charge in [-0.2, -0.15) is 0 Å². The third-order valence-electron chi connectivity index (χ3n) is 4.77. The van der Waals surface area contributed by atoms with Crippen LogP contribution in [0.15, 0.2) is 36.4 Å². The maximum absolute atomic E-state index is 12.3. The zero-order chi connectivity index (χ0) is 21.1. The molecular weight excluding hydrogens is 382 g/mol. The molecule has 1 aliphatic rings. The van der Waals surface area contributed by atoms with Crippen LogP contribution in [0, 0.1) is 0 Å². The summed E-state index contributed by atoms with van der Waals surface area (Å²) in [6, 6.07) is 9.27. The number of aliphatic hydroxyl groups is 3. The number of fused-ring (bicyclic) bond motifs is 1. The van der Waals surface area contributed by atoms with Gasteiger partial charge >= 0.3 is 5.97 Å². The van der Waals surface area contributed by atoms with Gasteiger partial charge < -0.3 is 34.8 Å². The topological polar surface area (TPSA) is 135 Å². The second-order valence-corrected chi connectivity index (χ2v) is 6.71. The first-order chi connectivity index (χ1) is 13.9. The Bertz CT molecular complexity index is 901. The lowest BCUT2D eigenvalue weighted by molar-refractivity contribution is -0.244. The zero-order valence-corrected chi connectivity index (χ0v) is 15.9. The highest BCUT2D eigenvalue weighted by atomic mass is 16.7. The van der Waals surface area contributed by atoms with E-state index in [0.29, 0.717) is 5.39 Å². The fourth-order valence-corrected chi connectivity index (χ4v) is 3.33. The highest BCUT2D eigenvalue weighted by Gasteiger charge is 2.46. The molecule has 1 fully saturated rings. The number of hydrogen-bond acceptors (Lipinski definition) is 8. The normalized spacial score (nSPS) is 26.7. The Morgan fingerprint density at radius 1 is 1.14 bits per heavy atom. The van der Waals surface area contributed by atoms with E-state index >= 15 is 0 Å². The van der Waals surface area contributed by atoms with E-state index < -0.39 is 49.1 Å². The van der Waals surface area contributed by atoms with E-state index in [1.54, 1.807) is 18.2 Å². The molecule has 3 rings (SSSR count). The van der Waals surface area contributed by atoms with E-state index in [1.807, 2.05) is 12.1 Å². The van der Waals surface area contributed by atoms with Crippen LogP contribution in [0.1, 0.15) is 17.3 Å². The van der Waals surface area contributed by atoms with Crippen molar-refractivity contribution in [2.24, 2.45) is 0 Å². The summed E-state index contributed by atoms with van der Waals surface area (Å²) in [5.74, 6) is -0.987. The molecule has 0 aliphatic carbocycles. The van der Waals surface area contributed by atoms with Crippen molar-refractivity contribution in [1.82, 2.24) is 5.32 Å². The molecule has 1 aliphatic heterocycles. The van der Waals surface area contributed by atoms with E-state index in [1.165, 1.54) is 20.1 Å². The average Bonchev–Trinajstić information content (AvgIpc) is 2.72.